The Kier molecular flexibility index (Phi) is 4.63. The van der Waals surface area contributed by atoms with Gasteiger partial charge in [-0.2, -0.15) is 0 Å². The van der Waals surface area contributed by atoms with Crippen molar-refractivity contribution in [3.05, 3.63) is 58.2 Å². The smallest absolute Gasteiger partial charge is 0.341 e. The largest absolute Gasteiger partial charge is 0.465 e. The number of carbonyl (C=O) groups is 1. The van der Waals surface area contributed by atoms with Crippen molar-refractivity contribution in [2.24, 2.45) is 0 Å². The van der Waals surface area contributed by atoms with Crippen LogP contribution in [0.15, 0.2) is 47.1 Å². The zero-order chi connectivity index (χ0) is 15.5. The van der Waals surface area contributed by atoms with E-state index in [9.17, 15) is 4.79 Å². The highest BCUT2D eigenvalue weighted by Gasteiger charge is 2.24. The van der Waals surface area contributed by atoms with E-state index in [2.05, 4.69) is 26.2 Å². The summed E-state index contributed by atoms with van der Waals surface area (Å²) >= 11 is 3.32. The molecule has 2 rings (SSSR count). The number of halogens is 1. The van der Waals surface area contributed by atoms with Crippen LogP contribution in [0.3, 0.4) is 0 Å². The van der Waals surface area contributed by atoms with Gasteiger partial charge in [-0.05, 0) is 41.4 Å². The van der Waals surface area contributed by atoms with Crippen LogP contribution < -0.4 is 5.32 Å². The molecule has 0 aliphatic heterocycles. The maximum absolute atomic E-state index is 11.9. The number of esters is 1. The summed E-state index contributed by atoms with van der Waals surface area (Å²) in [5.74, 6) is 0.0778. The molecule has 0 saturated heterocycles. The normalized spacial score (nSPS) is 11.0. The van der Waals surface area contributed by atoms with Crippen LogP contribution in [0.25, 0.3) is 0 Å². The molecule has 0 unspecified atom stereocenters. The number of ether oxygens (including phenoxy) is 1. The lowest BCUT2D eigenvalue weighted by Crippen LogP contribution is -2.29. The number of hydrogen-bond acceptors (Lipinski definition) is 4. The molecule has 0 amide bonds. The minimum atomic E-state index is -0.421. The summed E-state index contributed by atoms with van der Waals surface area (Å²) in [6.45, 7) is 4.07. The van der Waals surface area contributed by atoms with E-state index in [4.69, 9.17) is 4.74 Å². The van der Waals surface area contributed by atoms with Crippen molar-refractivity contribution in [3.63, 3.8) is 0 Å². The maximum atomic E-state index is 11.9. The summed E-state index contributed by atoms with van der Waals surface area (Å²) in [7, 11) is 1.36. The van der Waals surface area contributed by atoms with E-state index >= 15 is 0 Å². The van der Waals surface area contributed by atoms with Gasteiger partial charge in [0.1, 0.15) is 11.4 Å². The molecule has 1 aromatic heterocycles. The Bertz CT molecular complexity index is 642. The molecule has 1 aromatic carbocycles. The zero-order valence-corrected chi connectivity index (χ0v) is 13.8. The third-order valence-corrected chi connectivity index (χ3v) is 3.62. The summed E-state index contributed by atoms with van der Waals surface area (Å²) in [4.78, 5) is 16.2. The number of hydrogen-bond donors (Lipinski definition) is 1. The van der Waals surface area contributed by atoms with Crippen LogP contribution >= 0.6 is 15.9 Å². The molecule has 0 fully saturated rings. The third-order valence-electron chi connectivity index (χ3n) is 3.19. The molecule has 0 radical (unpaired) electrons. The zero-order valence-electron chi connectivity index (χ0n) is 12.2. The number of anilines is 1. The van der Waals surface area contributed by atoms with Crippen molar-refractivity contribution in [3.8, 4) is 0 Å². The fraction of sp³-hybridized carbons (Fsp3) is 0.250. The Balaban J connectivity index is 2.37. The lowest BCUT2D eigenvalue weighted by molar-refractivity contribution is 0.0601. The number of methoxy groups -OCH3 is 1. The summed E-state index contributed by atoms with van der Waals surface area (Å²) < 4.78 is 5.54. The van der Waals surface area contributed by atoms with E-state index in [1.54, 1.807) is 12.3 Å². The van der Waals surface area contributed by atoms with E-state index < -0.39 is 5.97 Å². The van der Waals surface area contributed by atoms with Gasteiger partial charge < -0.3 is 10.1 Å². The van der Waals surface area contributed by atoms with E-state index in [1.165, 1.54) is 7.11 Å². The van der Waals surface area contributed by atoms with Crippen LogP contribution in [-0.4, -0.2) is 18.1 Å². The monoisotopic (exact) mass is 348 g/mol. The van der Waals surface area contributed by atoms with Crippen LogP contribution in [0.1, 0.15) is 29.8 Å². The Hall–Kier alpha value is -1.88. The fourth-order valence-electron chi connectivity index (χ4n) is 2.03. The van der Waals surface area contributed by atoms with Crippen LogP contribution in [0, 0.1) is 0 Å². The van der Waals surface area contributed by atoms with Crippen molar-refractivity contribution in [1.82, 2.24) is 4.98 Å². The summed E-state index contributed by atoms with van der Waals surface area (Å²) in [5, 5.41) is 3.31. The van der Waals surface area contributed by atoms with Gasteiger partial charge in [0.15, 0.2) is 0 Å². The highest BCUT2D eigenvalue weighted by molar-refractivity contribution is 9.10. The SMILES string of the molecule is COC(=O)c1cc(Br)cnc1NC(C)(C)c1ccccc1. The Morgan fingerprint density at radius 3 is 2.57 bits per heavy atom. The highest BCUT2D eigenvalue weighted by atomic mass is 79.9. The number of benzene rings is 1. The van der Waals surface area contributed by atoms with Crippen LogP contribution in [0.2, 0.25) is 0 Å². The van der Waals surface area contributed by atoms with E-state index in [1.807, 2.05) is 44.2 Å². The second-order valence-corrected chi connectivity index (χ2v) is 6.07. The first-order valence-corrected chi connectivity index (χ1v) is 7.31. The molecule has 0 bridgehead atoms. The molecule has 0 atom stereocenters. The molecule has 1 N–H and O–H groups in total. The molecule has 0 aliphatic rings. The van der Waals surface area contributed by atoms with Crippen LogP contribution in [-0.2, 0) is 10.3 Å². The predicted molar refractivity (Wildman–Crippen MR) is 86.4 cm³/mol. The van der Waals surface area contributed by atoms with Crippen molar-refractivity contribution < 1.29 is 9.53 Å². The fourth-order valence-corrected chi connectivity index (χ4v) is 2.36. The Labute approximate surface area is 132 Å². The molecule has 4 nitrogen and oxygen atoms in total. The minimum absolute atomic E-state index is 0.370. The molecule has 0 aliphatic carbocycles. The topological polar surface area (TPSA) is 51.2 Å². The highest BCUT2D eigenvalue weighted by Crippen LogP contribution is 2.27. The van der Waals surface area contributed by atoms with Gasteiger partial charge in [-0.3, -0.25) is 0 Å². The third kappa shape index (κ3) is 3.61. The van der Waals surface area contributed by atoms with E-state index in [0.717, 1.165) is 10.0 Å². The standard InChI is InChI=1S/C16H17BrN2O2/c1-16(2,11-7-5-4-6-8-11)19-14-13(15(20)21-3)9-12(17)10-18-14/h4-10H,1-3H3,(H,18,19). The first kappa shape index (κ1) is 15.5. The van der Waals surface area contributed by atoms with Gasteiger partial charge >= 0.3 is 5.97 Å². The van der Waals surface area contributed by atoms with E-state index in [-0.39, 0.29) is 5.54 Å². The number of nitrogens with zero attached hydrogens (tertiary/aromatic N) is 1. The number of nitrogens with one attached hydrogen (secondary N) is 1. The lowest BCUT2D eigenvalue weighted by atomic mass is 9.94. The minimum Gasteiger partial charge on any atom is -0.465 e. The number of aromatic nitrogens is 1. The molecule has 2 aromatic rings. The summed E-state index contributed by atoms with van der Waals surface area (Å²) in [6.07, 6.45) is 1.65. The first-order chi connectivity index (χ1) is 9.94. The predicted octanol–water partition coefficient (Wildman–Crippen LogP) is 3.98. The Morgan fingerprint density at radius 1 is 1.29 bits per heavy atom. The van der Waals surface area contributed by atoms with Crippen molar-refractivity contribution >= 4 is 27.7 Å². The molecule has 0 spiro atoms. The maximum Gasteiger partial charge on any atom is 0.341 e. The van der Waals surface area contributed by atoms with Gasteiger partial charge in [-0.15, -0.1) is 0 Å². The van der Waals surface area contributed by atoms with Crippen molar-refractivity contribution in [1.29, 1.82) is 0 Å². The van der Waals surface area contributed by atoms with Gasteiger partial charge in [0, 0.05) is 10.7 Å². The summed E-state index contributed by atoms with van der Waals surface area (Å²) in [6, 6.07) is 11.7. The van der Waals surface area contributed by atoms with Crippen LogP contribution in [0.5, 0.6) is 0 Å². The van der Waals surface area contributed by atoms with Gasteiger partial charge in [-0.1, -0.05) is 30.3 Å². The van der Waals surface area contributed by atoms with Gasteiger partial charge in [0.25, 0.3) is 0 Å². The number of rotatable bonds is 4. The van der Waals surface area contributed by atoms with Gasteiger partial charge in [-0.25, -0.2) is 9.78 Å². The molecule has 110 valence electrons. The van der Waals surface area contributed by atoms with Gasteiger partial charge in [0.2, 0.25) is 0 Å². The molecule has 5 heteroatoms. The lowest BCUT2D eigenvalue weighted by Gasteiger charge is -2.28. The average molecular weight is 349 g/mol. The average Bonchev–Trinajstić information content (AvgIpc) is 2.49. The quantitative estimate of drug-likeness (QED) is 0.849. The number of pyridine rings is 1. The first-order valence-electron chi connectivity index (χ1n) is 6.51. The van der Waals surface area contributed by atoms with Crippen LogP contribution in [0.4, 0.5) is 5.82 Å². The molecule has 0 saturated carbocycles. The van der Waals surface area contributed by atoms with E-state index in [0.29, 0.717) is 11.4 Å². The molecular weight excluding hydrogens is 332 g/mol. The second kappa shape index (κ2) is 6.26. The second-order valence-electron chi connectivity index (χ2n) is 5.16. The molecule has 21 heavy (non-hydrogen) atoms. The van der Waals surface area contributed by atoms with Crippen molar-refractivity contribution in [2.75, 3.05) is 12.4 Å². The van der Waals surface area contributed by atoms with Crippen molar-refractivity contribution in [2.45, 2.75) is 19.4 Å². The Morgan fingerprint density at radius 2 is 1.95 bits per heavy atom. The molecule has 1 heterocycles. The van der Waals surface area contributed by atoms with Gasteiger partial charge in [0.05, 0.1) is 12.6 Å². The summed E-state index contributed by atoms with van der Waals surface area (Å²) in [5.41, 5.74) is 1.13. The number of carbonyl (C=O) groups excluding carboxylic acids is 1. The molecular formula is C16H17BrN2O2.